The minimum absolute atomic E-state index is 0.101. The number of rotatable bonds is 5. The summed E-state index contributed by atoms with van der Waals surface area (Å²) in [4.78, 5) is 15.5. The van der Waals surface area contributed by atoms with Gasteiger partial charge in [0.05, 0.1) is 17.3 Å². The predicted molar refractivity (Wildman–Crippen MR) is 114 cm³/mol. The average Bonchev–Trinajstić information content (AvgIpc) is 3.59. The number of alkyl halides is 2. The van der Waals surface area contributed by atoms with E-state index in [0.717, 1.165) is 30.5 Å². The average molecular weight is 448 g/mol. The van der Waals surface area contributed by atoms with Crippen molar-refractivity contribution >= 4 is 34.3 Å². The van der Waals surface area contributed by atoms with Gasteiger partial charge in [-0.3, -0.25) is 4.98 Å². The van der Waals surface area contributed by atoms with Gasteiger partial charge in [0, 0.05) is 36.3 Å². The molecule has 2 aliphatic rings. The Morgan fingerprint density at radius 2 is 1.81 bits per heavy atom. The molecular formula is C22H21ClF3N5. The molecule has 1 aromatic carbocycles. The molecule has 3 heterocycles. The van der Waals surface area contributed by atoms with Gasteiger partial charge in [0.2, 0.25) is 0 Å². The van der Waals surface area contributed by atoms with E-state index in [1.54, 1.807) is 18.5 Å². The highest BCUT2D eigenvalue weighted by Crippen LogP contribution is 2.44. The first-order chi connectivity index (χ1) is 14.9. The number of halogens is 4. The first-order valence-corrected chi connectivity index (χ1v) is 10.8. The second-order valence-corrected chi connectivity index (χ2v) is 8.62. The van der Waals surface area contributed by atoms with Crippen LogP contribution < -0.4 is 10.2 Å². The van der Waals surface area contributed by atoms with Gasteiger partial charge < -0.3 is 10.2 Å². The lowest BCUT2D eigenvalue weighted by Gasteiger charge is -2.37. The molecule has 162 valence electrons. The number of hydrogen-bond acceptors (Lipinski definition) is 5. The van der Waals surface area contributed by atoms with Crippen LogP contribution in [0.25, 0.3) is 11.0 Å². The minimum atomic E-state index is -3.30. The highest BCUT2D eigenvalue weighted by molar-refractivity contribution is 6.30. The molecule has 0 radical (unpaired) electrons. The zero-order chi connectivity index (χ0) is 21.6. The van der Waals surface area contributed by atoms with Crippen LogP contribution in [0.4, 0.5) is 24.8 Å². The maximum absolute atomic E-state index is 15.1. The van der Waals surface area contributed by atoms with Crippen molar-refractivity contribution in [3.8, 4) is 0 Å². The minimum Gasteiger partial charge on any atom is -0.364 e. The molecule has 2 fully saturated rings. The number of benzene rings is 1. The highest BCUT2D eigenvalue weighted by Gasteiger charge is 2.45. The Labute approximate surface area is 182 Å². The molecule has 2 aromatic heterocycles. The van der Waals surface area contributed by atoms with Crippen molar-refractivity contribution in [3.05, 3.63) is 53.1 Å². The summed E-state index contributed by atoms with van der Waals surface area (Å²) in [5, 5.41) is 3.51. The fourth-order valence-corrected chi connectivity index (χ4v) is 4.23. The molecule has 0 amide bonds. The summed E-state index contributed by atoms with van der Waals surface area (Å²) in [6.07, 6.45) is 5.88. The quantitative estimate of drug-likeness (QED) is 0.567. The third-order valence-corrected chi connectivity index (χ3v) is 6.20. The van der Waals surface area contributed by atoms with Gasteiger partial charge in [0.15, 0.2) is 11.6 Å². The maximum atomic E-state index is 15.1. The van der Waals surface area contributed by atoms with E-state index in [9.17, 15) is 4.39 Å². The number of fused-ring (bicyclic) bond motifs is 1. The highest BCUT2D eigenvalue weighted by atomic mass is 35.5. The molecule has 1 aliphatic carbocycles. The molecule has 1 saturated carbocycles. The van der Waals surface area contributed by atoms with Crippen LogP contribution in [0, 0.1) is 11.7 Å². The van der Waals surface area contributed by atoms with Crippen LogP contribution in [-0.4, -0.2) is 34.1 Å². The van der Waals surface area contributed by atoms with Crippen molar-refractivity contribution in [2.24, 2.45) is 5.92 Å². The molecule has 1 N–H and O–H groups in total. The van der Waals surface area contributed by atoms with E-state index >= 15 is 8.78 Å². The number of nitrogens with one attached hydrogen (secondary N) is 1. The molecule has 5 rings (SSSR count). The molecule has 0 unspecified atom stereocenters. The van der Waals surface area contributed by atoms with Gasteiger partial charge in [-0.05, 0) is 49.9 Å². The maximum Gasteiger partial charge on any atom is 0.279 e. The SMILES string of the molecule is Fc1ccc(Cl)cc1C(F)(F)C1CCN(c2nc3cnccc3nc2NC2CC2)CC1. The fourth-order valence-electron chi connectivity index (χ4n) is 4.06. The molecule has 0 atom stereocenters. The summed E-state index contributed by atoms with van der Waals surface area (Å²) < 4.78 is 44.3. The van der Waals surface area contributed by atoms with Gasteiger partial charge in [0.25, 0.3) is 5.92 Å². The first-order valence-electron chi connectivity index (χ1n) is 10.4. The molecule has 0 bridgehead atoms. The normalized spacial score (nSPS) is 17.9. The predicted octanol–water partition coefficient (Wildman–Crippen LogP) is 5.40. The number of anilines is 2. The van der Waals surface area contributed by atoms with Gasteiger partial charge >= 0.3 is 0 Å². The number of aromatic nitrogens is 3. The molecule has 1 aliphatic heterocycles. The molecule has 3 aromatic rings. The van der Waals surface area contributed by atoms with E-state index in [4.69, 9.17) is 21.6 Å². The second kappa shape index (κ2) is 7.82. The molecule has 1 saturated heterocycles. The van der Waals surface area contributed by atoms with E-state index < -0.39 is 23.2 Å². The van der Waals surface area contributed by atoms with Crippen LogP contribution >= 0.6 is 11.6 Å². The monoisotopic (exact) mass is 447 g/mol. The van der Waals surface area contributed by atoms with Crippen LogP contribution in [0.15, 0.2) is 36.7 Å². The molecule has 9 heteroatoms. The van der Waals surface area contributed by atoms with Gasteiger partial charge in [-0.2, -0.15) is 0 Å². The van der Waals surface area contributed by atoms with Crippen molar-refractivity contribution in [1.29, 1.82) is 0 Å². The molecule has 31 heavy (non-hydrogen) atoms. The summed E-state index contributed by atoms with van der Waals surface area (Å²) >= 11 is 5.84. The van der Waals surface area contributed by atoms with Crippen LogP contribution in [0.5, 0.6) is 0 Å². The zero-order valence-electron chi connectivity index (χ0n) is 16.7. The van der Waals surface area contributed by atoms with Gasteiger partial charge in [-0.15, -0.1) is 0 Å². The van der Waals surface area contributed by atoms with E-state index in [2.05, 4.69) is 10.3 Å². The Balaban J connectivity index is 1.39. The lowest BCUT2D eigenvalue weighted by atomic mass is 9.86. The van der Waals surface area contributed by atoms with Crippen LogP contribution in [0.1, 0.15) is 31.2 Å². The number of pyridine rings is 1. The molecular weight excluding hydrogens is 427 g/mol. The Kier molecular flexibility index (Phi) is 5.12. The van der Waals surface area contributed by atoms with Crippen LogP contribution in [0.3, 0.4) is 0 Å². The largest absolute Gasteiger partial charge is 0.364 e. The standard InChI is InChI=1S/C22H21ClF3N5/c23-14-1-4-17(24)16(11-14)22(25,26)13-6-9-31(10-7-13)21-20(28-15-2-3-15)29-18-5-8-27-12-19(18)30-21/h1,4-5,8,11-13,15H,2-3,6-7,9-10H2,(H,28,29). The van der Waals surface area contributed by atoms with Gasteiger partial charge in [-0.25, -0.2) is 23.1 Å². The lowest BCUT2D eigenvalue weighted by molar-refractivity contribution is -0.0761. The summed E-state index contributed by atoms with van der Waals surface area (Å²) in [5.41, 5.74) is 0.762. The Bertz CT molecular complexity index is 1110. The Hall–Kier alpha value is -2.61. The lowest BCUT2D eigenvalue weighted by Crippen LogP contribution is -2.40. The molecule has 5 nitrogen and oxygen atoms in total. The summed E-state index contributed by atoms with van der Waals surface area (Å²) in [6, 6.07) is 5.48. The van der Waals surface area contributed by atoms with Crippen molar-refractivity contribution < 1.29 is 13.2 Å². The van der Waals surface area contributed by atoms with Crippen LogP contribution in [-0.2, 0) is 5.92 Å². The van der Waals surface area contributed by atoms with Crippen molar-refractivity contribution in [1.82, 2.24) is 15.0 Å². The summed E-state index contributed by atoms with van der Waals surface area (Å²) in [7, 11) is 0. The summed E-state index contributed by atoms with van der Waals surface area (Å²) in [6.45, 7) is 0.754. The van der Waals surface area contributed by atoms with Gasteiger partial charge in [0.1, 0.15) is 11.3 Å². The third kappa shape index (κ3) is 4.01. The number of piperidine rings is 1. The van der Waals surface area contributed by atoms with Crippen molar-refractivity contribution in [2.45, 2.75) is 37.6 Å². The number of hydrogen-bond donors (Lipinski definition) is 1. The smallest absolute Gasteiger partial charge is 0.279 e. The zero-order valence-corrected chi connectivity index (χ0v) is 17.4. The van der Waals surface area contributed by atoms with Crippen molar-refractivity contribution in [3.63, 3.8) is 0 Å². The third-order valence-electron chi connectivity index (χ3n) is 5.96. The van der Waals surface area contributed by atoms with Crippen molar-refractivity contribution in [2.75, 3.05) is 23.3 Å². The first kappa shape index (κ1) is 20.3. The Morgan fingerprint density at radius 1 is 1.03 bits per heavy atom. The Morgan fingerprint density at radius 3 is 2.55 bits per heavy atom. The molecule has 0 spiro atoms. The van der Waals surface area contributed by atoms with E-state index in [-0.39, 0.29) is 17.9 Å². The van der Waals surface area contributed by atoms with Gasteiger partial charge in [-0.1, -0.05) is 11.6 Å². The van der Waals surface area contributed by atoms with E-state index in [1.165, 1.54) is 6.07 Å². The van der Waals surface area contributed by atoms with E-state index in [0.29, 0.717) is 36.3 Å². The topological polar surface area (TPSA) is 53.9 Å². The fraction of sp³-hybridized carbons (Fsp3) is 0.409. The summed E-state index contributed by atoms with van der Waals surface area (Å²) in [5.74, 6) is -3.88. The van der Waals surface area contributed by atoms with Crippen LogP contribution in [0.2, 0.25) is 5.02 Å². The van der Waals surface area contributed by atoms with E-state index in [1.807, 2.05) is 4.90 Å². The number of nitrogens with zero attached hydrogens (tertiary/aromatic N) is 4. The second-order valence-electron chi connectivity index (χ2n) is 8.19.